The summed E-state index contributed by atoms with van der Waals surface area (Å²) in [5.74, 6) is -0.767. The molecule has 0 unspecified atom stereocenters. The van der Waals surface area contributed by atoms with Crippen molar-refractivity contribution >= 4 is 23.3 Å². The number of aliphatic hydroxyl groups is 1. The van der Waals surface area contributed by atoms with Crippen molar-refractivity contribution in [1.29, 1.82) is 0 Å². The molecule has 9 nitrogen and oxygen atoms in total. The molecule has 35 heavy (non-hydrogen) atoms. The van der Waals surface area contributed by atoms with Gasteiger partial charge in [0.15, 0.2) is 0 Å². The van der Waals surface area contributed by atoms with Gasteiger partial charge >= 0.3 is 0 Å². The van der Waals surface area contributed by atoms with Gasteiger partial charge in [-0.25, -0.2) is 9.37 Å². The number of aromatic nitrogens is 2. The molecule has 1 aliphatic rings. The summed E-state index contributed by atoms with van der Waals surface area (Å²) in [4.78, 5) is 28.5. The lowest BCUT2D eigenvalue weighted by Gasteiger charge is -2.13. The molecule has 1 saturated carbocycles. The predicted octanol–water partition coefficient (Wildman–Crippen LogP) is 2.85. The van der Waals surface area contributed by atoms with Crippen molar-refractivity contribution in [2.45, 2.75) is 31.9 Å². The van der Waals surface area contributed by atoms with Crippen LogP contribution in [0.3, 0.4) is 0 Å². The van der Waals surface area contributed by atoms with Crippen LogP contribution in [0.5, 0.6) is 11.6 Å². The molecular formula is C24H25FN4O5S. The Labute approximate surface area is 205 Å². The Morgan fingerprint density at radius 2 is 2.09 bits per heavy atom. The molecule has 3 aromatic rings. The molecule has 1 aromatic carbocycles. The van der Waals surface area contributed by atoms with Crippen LogP contribution in [-0.2, 0) is 4.79 Å². The Morgan fingerprint density at radius 3 is 2.71 bits per heavy atom. The largest absolute Gasteiger partial charge is 0.484 e. The topological polar surface area (TPSA) is 137 Å². The molecular weight excluding hydrogens is 475 g/mol. The lowest BCUT2D eigenvalue weighted by atomic mass is 10.1. The Morgan fingerprint density at radius 1 is 1.29 bits per heavy atom. The summed E-state index contributed by atoms with van der Waals surface area (Å²) in [7, 11) is 0. The fourth-order valence-corrected chi connectivity index (χ4v) is 3.91. The molecule has 11 heteroatoms. The maximum absolute atomic E-state index is 14.6. The van der Waals surface area contributed by atoms with E-state index in [0.29, 0.717) is 35.4 Å². The fraction of sp³-hybridized carbons (Fsp3) is 0.333. The van der Waals surface area contributed by atoms with Gasteiger partial charge in [-0.05, 0) is 61.5 Å². The number of halogens is 1. The first kappa shape index (κ1) is 24.6. The Hall–Kier alpha value is -3.57. The average Bonchev–Trinajstić information content (AvgIpc) is 3.54. The van der Waals surface area contributed by atoms with E-state index in [9.17, 15) is 14.0 Å². The normalized spacial score (nSPS) is 14.7. The van der Waals surface area contributed by atoms with Crippen LogP contribution in [0.1, 0.15) is 41.1 Å². The lowest BCUT2D eigenvalue weighted by Crippen LogP contribution is -2.47. The van der Waals surface area contributed by atoms with Crippen LogP contribution in [0.25, 0.3) is 11.3 Å². The predicted molar refractivity (Wildman–Crippen MR) is 127 cm³/mol. The van der Waals surface area contributed by atoms with Gasteiger partial charge in [-0.2, -0.15) is 4.37 Å². The summed E-state index contributed by atoms with van der Waals surface area (Å²) >= 11 is 1.22. The number of aliphatic hydroxyl groups excluding tert-OH is 1. The highest BCUT2D eigenvalue weighted by Gasteiger charge is 2.23. The highest BCUT2D eigenvalue weighted by Crippen LogP contribution is 2.31. The van der Waals surface area contributed by atoms with Crippen molar-refractivity contribution in [3.05, 3.63) is 58.9 Å². The Balaban J connectivity index is 1.38. The highest BCUT2D eigenvalue weighted by atomic mass is 32.1. The zero-order valence-corrected chi connectivity index (χ0v) is 19.8. The summed E-state index contributed by atoms with van der Waals surface area (Å²) in [6, 6.07) is 8.08. The van der Waals surface area contributed by atoms with Gasteiger partial charge in [-0.3, -0.25) is 9.59 Å². The minimum Gasteiger partial charge on any atom is -0.484 e. The molecule has 4 rings (SSSR count). The average molecular weight is 501 g/mol. The molecule has 0 bridgehead atoms. The Bertz CT molecular complexity index is 1200. The number of benzene rings is 1. The van der Waals surface area contributed by atoms with E-state index >= 15 is 0 Å². The number of hydrogen-bond donors (Lipinski definition) is 3. The fourth-order valence-electron chi connectivity index (χ4n) is 3.19. The monoisotopic (exact) mass is 500 g/mol. The van der Waals surface area contributed by atoms with E-state index in [1.807, 2.05) is 6.92 Å². The second-order valence-corrected chi connectivity index (χ2v) is 9.10. The van der Waals surface area contributed by atoms with E-state index < -0.39 is 30.3 Å². The Kier molecular flexibility index (Phi) is 7.57. The number of nitrogens with one attached hydrogen (secondary N) is 1. The third-order valence-corrected chi connectivity index (χ3v) is 6.40. The molecule has 2 aromatic heterocycles. The van der Waals surface area contributed by atoms with Gasteiger partial charge < -0.3 is 25.6 Å². The molecule has 2 heterocycles. The van der Waals surface area contributed by atoms with E-state index in [4.69, 9.17) is 20.3 Å². The molecule has 0 saturated heterocycles. The van der Waals surface area contributed by atoms with Gasteiger partial charge in [0.1, 0.15) is 23.7 Å². The SMILES string of the molecule is C[C@@H](Oc1ccc(OCC2CC2)nc1)c1cc(-c2ccc(C(=O)N[C@@H](CO)C(N)=O)c(F)c2)ns1. The number of rotatable bonds is 11. The van der Waals surface area contributed by atoms with Crippen LogP contribution in [0.4, 0.5) is 4.39 Å². The standard InChI is InChI=1S/C24H25FN4O5S/c1-13(34-16-5-7-22(27-10-16)33-12-14-2-3-14)21-9-19(29-35-21)15-4-6-17(18(25)8-15)24(32)28-20(11-30)23(26)31/h4-10,13-14,20,30H,2-3,11-12H2,1H3,(H2,26,31)(H,28,32)/t13-,20+/m1/s1. The van der Waals surface area contributed by atoms with E-state index in [2.05, 4.69) is 14.7 Å². The van der Waals surface area contributed by atoms with Crippen LogP contribution in [0, 0.1) is 11.7 Å². The molecule has 2 atom stereocenters. The molecule has 0 spiro atoms. The molecule has 2 amide bonds. The van der Waals surface area contributed by atoms with Gasteiger partial charge in [0.2, 0.25) is 11.8 Å². The number of pyridine rings is 1. The van der Waals surface area contributed by atoms with E-state index in [-0.39, 0.29) is 11.7 Å². The minimum atomic E-state index is -1.30. The summed E-state index contributed by atoms with van der Waals surface area (Å²) < 4.78 is 30.6. The van der Waals surface area contributed by atoms with E-state index in [1.165, 1.54) is 36.5 Å². The number of carbonyl (C=O) groups excluding carboxylic acids is 2. The molecule has 1 fully saturated rings. The maximum atomic E-state index is 14.6. The third-order valence-electron chi connectivity index (χ3n) is 5.46. The summed E-state index contributed by atoms with van der Waals surface area (Å²) in [5.41, 5.74) is 5.80. The zero-order chi connectivity index (χ0) is 24.9. The van der Waals surface area contributed by atoms with Gasteiger partial charge in [-0.15, -0.1) is 0 Å². The van der Waals surface area contributed by atoms with Crippen molar-refractivity contribution in [1.82, 2.24) is 14.7 Å². The quantitative estimate of drug-likeness (QED) is 0.368. The number of carbonyl (C=O) groups is 2. The lowest BCUT2D eigenvalue weighted by molar-refractivity contribution is -0.120. The maximum Gasteiger partial charge on any atom is 0.254 e. The molecule has 4 N–H and O–H groups in total. The first-order valence-corrected chi connectivity index (χ1v) is 11.8. The smallest absolute Gasteiger partial charge is 0.254 e. The van der Waals surface area contributed by atoms with Gasteiger partial charge in [0.05, 0.1) is 35.5 Å². The number of ether oxygens (including phenoxy) is 2. The van der Waals surface area contributed by atoms with Crippen molar-refractivity contribution in [3.63, 3.8) is 0 Å². The number of amides is 2. The number of nitrogens with zero attached hydrogens (tertiary/aromatic N) is 2. The van der Waals surface area contributed by atoms with E-state index in [0.717, 1.165) is 4.88 Å². The molecule has 1 aliphatic carbocycles. The second-order valence-electron chi connectivity index (χ2n) is 8.27. The second kappa shape index (κ2) is 10.8. The highest BCUT2D eigenvalue weighted by molar-refractivity contribution is 7.06. The summed E-state index contributed by atoms with van der Waals surface area (Å²) in [6.07, 6.45) is 3.72. The van der Waals surface area contributed by atoms with Crippen molar-refractivity contribution in [2.75, 3.05) is 13.2 Å². The van der Waals surface area contributed by atoms with Crippen molar-refractivity contribution < 1.29 is 28.6 Å². The van der Waals surface area contributed by atoms with Crippen LogP contribution in [0.15, 0.2) is 42.6 Å². The summed E-state index contributed by atoms with van der Waals surface area (Å²) in [6.45, 7) is 1.88. The van der Waals surface area contributed by atoms with Crippen molar-refractivity contribution in [3.8, 4) is 22.9 Å². The zero-order valence-electron chi connectivity index (χ0n) is 18.9. The van der Waals surface area contributed by atoms with Crippen LogP contribution < -0.4 is 20.5 Å². The number of hydrogen-bond acceptors (Lipinski definition) is 8. The van der Waals surface area contributed by atoms with Gasteiger partial charge in [-0.1, -0.05) is 6.07 Å². The summed E-state index contributed by atoms with van der Waals surface area (Å²) in [5, 5.41) is 11.3. The van der Waals surface area contributed by atoms with Crippen LogP contribution in [0.2, 0.25) is 0 Å². The van der Waals surface area contributed by atoms with Gasteiger partial charge in [0, 0.05) is 11.6 Å². The van der Waals surface area contributed by atoms with Crippen LogP contribution in [-0.4, -0.2) is 45.5 Å². The van der Waals surface area contributed by atoms with Crippen molar-refractivity contribution in [2.24, 2.45) is 11.7 Å². The molecule has 184 valence electrons. The van der Waals surface area contributed by atoms with Crippen LogP contribution >= 0.6 is 11.5 Å². The molecule has 0 aliphatic heterocycles. The van der Waals surface area contributed by atoms with Gasteiger partial charge in [0.25, 0.3) is 5.91 Å². The molecule has 0 radical (unpaired) electrons. The number of primary amides is 1. The van der Waals surface area contributed by atoms with E-state index in [1.54, 1.807) is 30.5 Å². The third kappa shape index (κ3) is 6.31. The first-order valence-electron chi connectivity index (χ1n) is 11.1. The number of nitrogens with two attached hydrogens (primary N) is 1. The minimum absolute atomic E-state index is 0.280. The first-order chi connectivity index (χ1) is 16.8.